The third kappa shape index (κ3) is 2.00. The molecule has 0 aliphatic rings. The Morgan fingerprint density at radius 3 is 2.80 bits per heavy atom. The van der Waals surface area contributed by atoms with Gasteiger partial charge in [-0.3, -0.25) is 4.40 Å². The number of imidazole rings is 1. The van der Waals surface area contributed by atoms with Crippen LogP contribution in [-0.2, 0) is 0 Å². The predicted octanol–water partition coefficient (Wildman–Crippen LogP) is 3.77. The van der Waals surface area contributed by atoms with Crippen molar-refractivity contribution < 1.29 is 9.90 Å². The minimum atomic E-state index is -0.966. The van der Waals surface area contributed by atoms with Crippen molar-refractivity contribution in [2.45, 2.75) is 6.92 Å². The summed E-state index contributed by atoms with van der Waals surface area (Å²) in [5.41, 5.74) is 2.88. The highest BCUT2D eigenvalue weighted by atomic mass is 79.9. The molecule has 2 heterocycles. The number of halogens is 1. The maximum atomic E-state index is 11.3. The van der Waals surface area contributed by atoms with Crippen molar-refractivity contribution in [1.82, 2.24) is 9.38 Å². The number of hydrogen-bond acceptors (Lipinski definition) is 2. The number of hydrogen-bond donors (Lipinski definition) is 1. The fraction of sp³-hybridized carbons (Fsp3) is 0.0667. The normalized spacial score (nSPS) is 10.9. The monoisotopic (exact) mass is 330 g/mol. The topological polar surface area (TPSA) is 54.6 Å². The van der Waals surface area contributed by atoms with Crippen LogP contribution in [0.25, 0.3) is 16.9 Å². The number of aromatic nitrogens is 2. The maximum absolute atomic E-state index is 11.3. The van der Waals surface area contributed by atoms with Crippen LogP contribution in [0.15, 0.2) is 47.2 Å². The van der Waals surface area contributed by atoms with Gasteiger partial charge < -0.3 is 5.11 Å². The summed E-state index contributed by atoms with van der Waals surface area (Å²) < 4.78 is 2.33. The molecule has 0 aliphatic carbocycles. The molecule has 20 heavy (non-hydrogen) atoms. The summed E-state index contributed by atoms with van der Waals surface area (Å²) in [6.07, 6.45) is 1.82. The first kappa shape index (κ1) is 12.9. The summed E-state index contributed by atoms with van der Waals surface area (Å²) in [6.45, 7) is 2.01. The van der Waals surface area contributed by atoms with Crippen LogP contribution in [0.2, 0.25) is 0 Å². The van der Waals surface area contributed by atoms with E-state index in [1.165, 1.54) is 0 Å². The minimum Gasteiger partial charge on any atom is -0.478 e. The third-order valence-corrected chi connectivity index (χ3v) is 3.68. The van der Waals surface area contributed by atoms with Gasteiger partial charge >= 0.3 is 5.97 Å². The van der Waals surface area contributed by atoms with Gasteiger partial charge in [-0.15, -0.1) is 0 Å². The van der Waals surface area contributed by atoms with Crippen LogP contribution in [0.5, 0.6) is 0 Å². The number of fused-ring (bicyclic) bond motifs is 1. The fourth-order valence-corrected chi connectivity index (χ4v) is 2.83. The van der Waals surface area contributed by atoms with Crippen molar-refractivity contribution in [2.75, 3.05) is 0 Å². The van der Waals surface area contributed by atoms with Gasteiger partial charge in [-0.25, -0.2) is 9.78 Å². The Balaban J connectivity index is 2.34. The van der Waals surface area contributed by atoms with Gasteiger partial charge in [0.15, 0.2) is 0 Å². The molecule has 0 bridgehead atoms. The maximum Gasteiger partial charge on any atom is 0.337 e. The number of benzene rings is 1. The molecule has 2 aromatic heterocycles. The van der Waals surface area contributed by atoms with E-state index in [1.807, 2.05) is 37.4 Å². The average molecular weight is 331 g/mol. The summed E-state index contributed by atoms with van der Waals surface area (Å²) in [5.74, 6) is -0.245. The van der Waals surface area contributed by atoms with Gasteiger partial charge in [0.05, 0.1) is 11.1 Å². The molecule has 0 saturated heterocycles. The summed E-state index contributed by atoms with van der Waals surface area (Å²) in [4.78, 5) is 15.8. The molecule has 1 aromatic carbocycles. The number of pyridine rings is 1. The highest BCUT2D eigenvalue weighted by Gasteiger charge is 2.17. The lowest BCUT2D eigenvalue weighted by Crippen LogP contribution is -2.00. The molecular weight excluding hydrogens is 320 g/mol. The molecule has 0 amide bonds. The lowest BCUT2D eigenvalue weighted by molar-refractivity contribution is 0.0698. The van der Waals surface area contributed by atoms with E-state index in [4.69, 9.17) is 0 Å². The number of rotatable bonds is 2. The zero-order chi connectivity index (χ0) is 14.3. The highest BCUT2D eigenvalue weighted by molar-refractivity contribution is 9.10. The van der Waals surface area contributed by atoms with Gasteiger partial charge in [0.1, 0.15) is 10.4 Å². The predicted molar refractivity (Wildman–Crippen MR) is 80.0 cm³/mol. The van der Waals surface area contributed by atoms with Crippen LogP contribution >= 0.6 is 15.9 Å². The molecule has 0 saturated carbocycles. The van der Waals surface area contributed by atoms with Crippen LogP contribution in [0.1, 0.15) is 15.9 Å². The van der Waals surface area contributed by atoms with Crippen molar-refractivity contribution in [1.29, 1.82) is 0 Å². The first-order valence-electron chi connectivity index (χ1n) is 6.05. The lowest BCUT2D eigenvalue weighted by atomic mass is 10.1. The first-order valence-corrected chi connectivity index (χ1v) is 6.84. The van der Waals surface area contributed by atoms with Crippen molar-refractivity contribution in [3.63, 3.8) is 0 Å². The van der Waals surface area contributed by atoms with E-state index in [0.717, 1.165) is 17.0 Å². The highest BCUT2D eigenvalue weighted by Crippen LogP contribution is 2.28. The summed E-state index contributed by atoms with van der Waals surface area (Å²) in [5, 5.41) is 9.27. The Morgan fingerprint density at radius 1 is 1.30 bits per heavy atom. The molecule has 3 rings (SSSR count). The second-order valence-electron chi connectivity index (χ2n) is 4.54. The number of aryl methyl sites for hydroxylation is 1. The second-order valence-corrected chi connectivity index (χ2v) is 5.29. The van der Waals surface area contributed by atoms with Crippen molar-refractivity contribution in [2.24, 2.45) is 0 Å². The Morgan fingerprint density at radius 2 is 2.10 bits per heavy atom. The van der Waals surface area contributed by atoms with Crippen LogP contribution in [0, 0.1) is 6.92 Å². The minimum absolute atomic E-state index is 0.228. The SMILES string of the molecule is Cc1cccc(-c2nc(Br)c3c(C(=O)O)cccn23)c1. The van der Waals surface area contributed by atoms with E-state index in [1.54, 1.807) is 16.5 Å². The number of carboxylic acid groups (broad SMARTS) is 1. The van der Waals surface area contributed by atoms with E-state index < -0.39 is 5.97 Å². The van der Waals surface area contributed by atoms with E-state index in [0.29, 0.717) is 10.1 Å². The lowest BCUT2D eigenvalue weighted by Gasteiger charge is -2.04. The van der Waals surface area contributed by atoms with Gasteiger partial charge in [0.25, 0.3) is 0 Å². The van der Waals surface area contributed by atoms with Crippen molar-refractivity contribution >= 4 is 27.4 Å². The largest absolute Gasteiger partial charge is 0.478 e. The zero-order valence-corrected chi connectivity index (χ0v) is 12.3. The van der Waals surface area contributed by atoms with E-state index in [2.05, 4.69) is 20.9 Å². The Kier molecular flexibility index (Phi) is 3.06. The van der Waals surface area contributed by atoms with Crippen LogP contribution in [-0.4, -0.2) is 20.5 Å². The summed E-state index contributed by atoms with van der Waals surface area (Å²) >= 11 is 3.36. The van der Waals surface area contributed by atoms with Gasteiger partial charge in [0.2, 0.25) is 0 Å². The molecule has 100 valence electrons. The average Bonchev–Trinajstić information content (AvgIpc) is 2.76. The molecule has 4 nitrogen and oxygen atoms in total. The van der Waals surface area contributed by atoms with Gasteiger partial charge in [0, 0.05) is 11.8 Å². The summed E-state index contributed by atoms with van der Waals surface area (Å²) in [7, 11) is 0. The number of aromatic carboxylic acids is 1. The number of nitrogens with zero attached hydrogens (tertiary/aromatic N) is 2. The smallest absolute Gasteiger partial charge is 0.337 e. The number of carbonyl (C=O) groups is 1. The molecular formula is C15H11BrN2O2. The van der Waals surface area contributed by atoms with Crippen LogP contribution in [0.4, 0.5) is 0 Å². The molecule has 1 N–H and O–H groups in total. The Bertz CT molecular complexity index is 824. The Hall–Kier alpha value is -2.14. The summed E-state index contributed by atoms with van der Waals surface area (Å²) in [6, 6.07) is 11.2. The Labute approximate surface area is 123 Å². The zero-order valence-electron chi connectivity index (χ0n) is 10.7. The molecule has 0 atom stereocenters. The first-order chi connectivity index (χ1) is 9.58. The van der Waals surface area contributed by atoms with Gasteiger partial charge in [-0.1, -0.05) is 23.8 Å². The quantitative estimate of drug-likeness (QED) is 0.778. The fourth-order valence-electron chi connectivity index (χ4n) is 2.26. The standard InChI is InChI=1S/C15H11BrN2O2/c1-9-4-2-5-10(8-9)14-17-13(16)12-11(15(19)20)6-3-7-18(12)14/h2-8H,1H3,(H,19,20). The van der Waals surface area contributed by atoms with Crippen molar-refractivity contribution in [3.05, 3.63) is 58.3 Å². The second kappa shape index (κ2) is 4.76. The molecule has 0 radical (unpaired) electrons. The van der Waals surface area contributed by atoms with Crippen molar-refractivity contribution in [3.8, 4) is 11.4 Å². The molecule has 5 heteroatoms. The van der Waals surface area contributed by atoms with Crippen LogP contribution < -0.4 is 0 Å². The van der Waals surface area contributed by atoms with E-state index in [9.17, 15) is 9.90 Å². The molecule has 0 spiro atoms. The van der Waals surface area contributed by atoms with E-state index in [-0.39, 0.29) is 5.56 Å². The number of carboxylic acids is 1. The molecule has 3 aromatic rings. The third-order valence-electron chi connectivity index (χ3n) is 3.13. The molecule has 0 unspecified atom stereocenters. The van der Waals surface area contributed by atoms with Gasteiger partial charge in [-0.05, 0) is 41.1 Å². The van der Waals surface area contributed by atoms with Crippen LogP contribution in [0.3, 0.4) is 0 Å². The molecule has 0 aliphatic heterocycles. The van der Waals surface area contributed by atoms with E-state index >= 15 is 0 Å². The molecule has 0 fully saturated rings. The van der Waals surface area contributed by atoms with Gasteiger partial charge in [-0.2, -0.15) is 0 Å².